The first-order chi connectivity index (χ1) is 24.7. The molecule has 4 saturated heterocycles. The van der Waals surface area contributed by atoms with Gasteiger partial charge in [0.05, 0.1) is 16.5 Å². The van der Waals surface area contributed by atoms with Crippen molar-refractivity contribution in [3.8, 4) is 17.3 Å². The monoisotopic (exact) mass is 770 g/mol. The van der Waals surface area contributed by atoms with Gasteiger partial charge in [-0.25, -0.2) is 14.0 Å². The largest absolute Gasteiger partial charge is 0.490 e. The van der Waals surface area contributed by atoms with Crippen molar-refractivity contribution in [1.82, 2.24) is 25.2 Å². The molecule has 4 aliphatic heterocycles. The summed E-state index contributed by atoms with van der Waals surface area (Å²) < 4.78 is 127. The van der Waals surface area contributed by atoms with Gasteiger partial charge in [-0.1, -0.05) is 18.2 Å². The average Bonchev–Trinajstić information content (AvgIpc) is 3.76. The summed E-state index contributed by atoms with van der Waals surface area (Å²) in [6.45, 7) is 3.87. The smallest absolute Gasteiger partial charge is 0.475 e. The van der Waals surface area contributed by atoms with Crippen LogP contribution in [0, 0.1) is 5.82 Å². The minimum absolute atomic E-state index is 0.0525. The zero-order valence-corrected chi connectivity index (χ0v) is 27.5. The van der Waals surface area contributed by atoms with E-state index in [0.717, 1.165) is 57.7 Å². The Morgan fingerprint density at radius 1 is 0.887 bits per heavy atom. The van der Waals surface area contributed by atoms with E-state index in [2.05, 4.69) is 25.1 Å². The van der Waals surface area contributed by atoms with Crippen molar-refractivity contribution >= 4 is 28.7 Å². The molecule has 0 saturated carbocycles. The Bertz CT molecular complexity index is 1780. The number of carboxylic acids is 2. The van der Waals surface area contributed by atoms with Crippen molar-refractivity contribution < 1.29 is 68.4 Å². The number of benzene rings is 1. The molecular formula is C32H32F10N6O5. The lowest BCUT2D eigenvalue weighted by atomic mass is 9.95. The van der Waals surface area contributed by atoms with Crippen molar-refractivity contribution in [2.75, 3.05) is 37.7 Å². The predicted molar refractivity (Wildman–Crippen MR) is 166 cm³/mol. The highest BCUT2D eigenvalue weighted by Gasteiger charge is 2.45. The van der Waals surface area contributed by atoms with Gasteiger partial charge in [-0.2, -0.15) is 49.5 Å². The molecule has 3 aromatic rings. The van der Waals surface area contributed by atoms with Crippen LogP contribution in [0.5, 0.6) is 6.01 Å². The molecule has 2 atom stereocenters. The lowest BCUT2D eigenvalue weighted by Gasteiger charge is -2.34. The van der Waals surface area contributed by atoms with Crippen molar-refractivity contribution in [3.63, 3.8) is 0 Å². The highest BCUT2D eigenvalue weighted by molar-refractivity contribution is 5.92. The molecule has 0 spiro atoms. The number of alkyl halides is 9. The maximum Gasteiger partial charge on any atom is 0.490 e. The van der Waals surface area contributed by atoms with Crippen LogP contribution >= 0.6 is 0 Å². The molecule has 0 radical (unpaired) electrons. The second kappa shape index (κ2) is 15.1. The molecule has 4 fully saturated rings. The van der Waals surface area contributed by atoms with Crippen LogP contribution in [0.15, 0.2) is 30.5 Å². The number of aromatic nitrogens is 3. The molecular weight excluding hydrogens is 738 g/mol. The van der Waals surface area contributed by atoms with Gasteiger partial charge in [0, 0.05) is 36.9 Å². The van der Waals surface area contributed by atoms with Gasteiger partial charge in [0.2, 0.25) is 0 Å². The number of hydrogen-bond acceptors (Lipinski definition) is 9. The van der Waals surface area contributed by atoms with Crippen molar-refractivity contribution in [2.24, 2.45) is 0 Å². The molecule has 6 heterocycles. The number of nitrogens with one attached hydrogen (secondary N) is 1. The number of hydrogen-bond donors (Lipinski definition) is 3. The van der Waals surface area contributed by atoms with E-state index >= 15 is 4.39 Å². The van der Waals surface area contributed by atoms with Crippen LogP contribution in [-0.2, 0) is 15.8 Å². The number of nitrogens with zero attached hydrogens (tertiary/aromatic N) is 5. The van der Waals surface area contributed by atoms with Crippen molar-refractivity contribution in [3.05, 3.63) is 41.8 Å². The normalized spacial score (nSPS) is 21.0. The van der Waals surface area contributed by atoms with Gasteiger partial charge in [-0.3, -0.25) is 9.88 Å². The van der Waals surface area contributed by atoms with E-state index in [0.29, 0.717) is 43.0 Å². The average molecular weight is 771 g/mol. The molecule has 3 N–H and O–H groups in total. The number of rotatable bonds is 5. The lowest BCUT2D eigenvalue weighted by Crippen LogP contribution is -2.51. The summed E-state index contributed by atoms with van der Waals surface area (Å²) in [5, 5.41) is 18.2. The van der Waals surface area contributed by atoms with Crippen LogP contribution in [0.2, 0.25) is 0 Å². The number of carbonyl (C=O) groups is 2. The Morgan fingerprint density at radius 2 is 1.43 bits per heavy atom. The maximum absolute atomic E-state index is 16.2. The van der Waals surface area contributed by atoms with Gasteiger partial charge < -0.3 is 25.2 Å². The topological polar surface area (TPSA) is 141 Å². The van der Waals surface area contributed by atoms with Gasteiger partial charge in [-0.15, -0.1) is 0 Å². The third-order valence-corrected chi connectivity index (χ3v) is 9.41. The molecule has 0 aliphatic carbocycles. The standard InChI is InChI=1S/C28H30F4N6O.2C2HF3O2/c29-22-23(19-5-1-2-6-21(19)28(30,31)32)33-13-20-24(22)35-26(39-16-27-9-3-11-38(27)12-4-10-27)36-25(20)37-14-17-7-8-18(15-37)34-17;2*3-2(4,5)1(6)7/h1-2,5-6,13,17-18,34H,3-4,7-12,14-16H2;2*(H,6,7)/t17-,18+;;. The van der Waals surface area contributed by atoms with Gasteiger partial charge in [0.25, 0.3) is 0 Å². The highest BCUT2D eigenvalue weighted by atomic mass is 19.4. The summed E-state index contributed by atoms with van der Waals surface area (Å²) in [5.41, 5.74) is -1.78. The van der Waals surface area contributed by atoms with Crippen molar-refractivity contribution in [1.29, 1.82) is 0 Å². The first-order valence-electron chi connectivity index (χ1n) is 16.2. The molecule has 2 bridgehead atoms. The summed E-state index contributed by atoms with van der Waals surface area (Å²) in [6.07, 6.45) is -7.03. The summed E-state index contributed by atoms with van der Waals surface area (Å²) in [6, 6.07) is 5.56. The third-order valence-electron chi connectivity index (χ3n) is 9.41. The number of ether oxygens (including phenoxy) is 1. The number of carboxylic acid groups (broad SMARTS) is 2. The Hall–Kier alpha value is -4.53. The Kier molecular flexibility index (Phi) is 11.3. The first-order valence-corrected chi connectivity index (χ1v) is 16.2. The van der Waals surface area contributed by atoms with Gasteiger partial charge in [0.15, 0.2) is 5.82 Å². The van der Waals surface area contributed by atoms with Gasteiger partial charge in [-0.05, 0) is 57.7 Å². The molecule has 0 unspecified atom stereocenters. The predicted octanol–water partition coefficient (Wildman–Crippen LogP) is 6.06. The molecule has 0 amide bonds. The highest BCUT2D eigenvalue weighted by Crippen LogP contribution is 2.41. The number of fused-ring (bicyclic) bond motifs is 4. The van der Waals surface area contributed by atoms with Crippen molar-refractivity contribution in [2.45, 2.75) is 74.7 Å². The van der Waals surface area contributed by atoms with Crippen LogP contribution in [-0.4, -0.2) is 105 Å². The van der Waals surface area contributed by atoms with E-state index in [9.17, 15) is 39.5 Å². The second-order valence-electron chi connectivity index (χ2n) is 12.9. The molecule has 290 valence electrons. The Balaban J connectivity index is 0.000000330. The van der Waals surface area contributed by atoms with Gasteiger partial charge in [0.1, 0.15) is 23.6 Å². The SMILES string of the molecule is Fc1c(-c2ccccc2C(F)(F)F)ncc2c(N3C[C@H]4CC[C@@H](C3)N4)nc(OCC34CCCN3CCC4)nc12.O=C(O)C(F)(F)F.O=C(O)C(F)(F)F. The maximum atomic E-state index is 16.2. The number of anilines is 1. The molecule has 2 aromatic heterocycles. The first kappa shape index (κ1) is 39.7. The minimum Gasteiger partial charge on any atom is -0.475 e. The number of halogens is 10. The van der Waals surface area contributed by atoms with E-state index in [1.165, 1.54) is 24.4 Å². The van der Waals surface area contributed by atoms with E-state index in [1.54, 1.807) is 0 Å². The van der Waals surface area contributed by atoms with E-state index < -0.39 is 41.8 Å². The van der Waals surface area contributed by atoms with Crippen LogP contribution in [0.3, 0.4) is 0 Å². The number of pyridine rings is 1. The van der Waals surface area contributed by atoms with E-state index in [1.807, 2.05) is 0 Å². The zero-order chi connectivity index (χ0) is 38.9. The van der Waals surface area contributed by atoms with E-state index in [-0.39, 0.29) is 28.3 Å². The Morgan fingerprint density at radius 3 is 1.96 bits per heavy atom. The minimum atomic E-state index is -5.08. The fourth-order valence-electron chi connectivity index (χ4n) is 7.08. The molecule has 7 rings (SSSR count). The zero-order valence-electron chi connectivity index (χ0n) is 27.5. The van der Waals surface area contributed by atoms with Gasteiger partial charge >= 0.3 is 36.5 Å². The second-order valence-corrected chi connectivity index (χ2v) is 12.9. The van der Waals surface area contributed by atoms with E-state index in [4.69, 9.17) is 29.5 Å². The lowest BCUT2D eigenvalue weighted by molar-refractivity contribution is -0.193. The van der Waals surface area contributed by atoms with Crippen LogP contribution in [0.1, 0.15) is 44.1 Å². The fourth-order valence-corrected chi connectivity index (χ4v) is 7.08. The van der Waals surface area contributed by atoms with Crippen LogP contribution < -0.4 is 15.0 Å². The summed E-state index contributed by atoms with van der Waals surface area (Å²) in [7, 11) is 0. The molecule has 53 heavy (non-hydrogen) atoms. The fraction of sp³-hybridized carbons (Fsp3) is 0.531. The third kappa shape index (κ3) is 8.99. The summed E-state index contributed by atoms with van der Waals surface area (Å²) in [5.74, 6) is -5.90. The van der Waals surface area contributed by atoms with Crippen LogP contribution in [0.4, 0.5) is 49.7 Å². The Labute approximate surface area is 294 Å². The van der Waals surface area contributed by atoms with Crippen LogP contribution in [0.25, 0.3) is 22.2 Å². The summed E-state index contributed by atoms with van der Waals surface area (Å²) in [4.78, 5) is 35.7. The molecule has 21 heteroatoms. The number of piperazine rings is 1. The quantitative estimate of drug-likeness (QED) is 0.261. The molecule has 11 nitrogen and oxygen atoms in total. The molecule has 4 aliphatic rings. The summed E-state index contributed by atoms with van der Waals surface area (Å²) >= 11 is 0. The number of aliphatic carboxylic acids is 2. The molecule has 1 aromatic carbocycles.